The Hall–Kier alpha value is -2.39. The first kappa shape index (κ1) is 15.0. The number of benzene rings is 1. The molecule has 2 atom stereocenters. The number of amides is 1. The molecule has 1 heterocycles. The lowest BCUT2D eigenvalue weighted by atomic mass is 10.2. The number of anilines is 1. The Balaban J connectivity index is 1.93. The maximum absolute atomic E-state index is 12.0. The van der Waals surface area contributed by atoms with E-state index in [4.69, 9.17) is 14.7 Å². The minimum absolute atomic E-state index is 0.350. The minimum atomic E-state index is -0.951. The van der Waals surface area contributed by atoms with Gasteiger partial charge in [-0.3, -0.25) is 4.79 Å². The van der Waals surface area contributed by atoms with Gasteiger partial charge in [-0.2, -0.15) is 5.26 Å². The molecule has 6 nitrogen and oxygen atoms in total. The van der Waals surface area contributed by atoms with Gasteiger partial charge in [0.2, 0.25) is 0 Å². The Morgan fingerprint density at radius 3 is 2.90 bits per heavy atom. The monoisotopic (exact) mass is 288 g/mol. The fourth-order valence-electron chi connectivity index (χ4n) is 1.99. The zero-order chi connectivity index (χ0) is 15.2. The molecule has 0 radical (unpaired) electrons. The number of carbonyl (C=O) groups excluding carboxylic acids is 2. The highest BCUT2D eigenvalue weighted by Crippen LogP contribution is 2.16. The molecule has 0 unspecified atom stereocenters. The van der Waals surface area contributed by atoms with Crippen LogP contribution in [0, 0.1) is 11.3 Å². The quantitative estimate of drug-likeness (QED) is 0.850. The van der Waals surface area contributed by atoms with Gasteiger partial charge in [-0.15, -0.1) is 0 Å². The summed E-state index contributed by atoms with van der Waals surface area (Å²) in [5, 5.41) is 11.5. The molecule has 1 saturated heterocycles. The molecule has 1 aliphatic rings. The molecule has 1 aromatic rings. The second kappa shape index (κ2) is 6.86. The summed E-state index contributed by atoms with van der Waals surface area (Å²) >= 11 is 0. The molecule has 0 spiro atoms. The fraction of sp³-hybridized carbons (Fsp3) is 0.400. The summed E-state index contributed by atoms with van der Waals surface area (Å²) in [5.74, 6) is -1.01. The average Bonchev–Trinajstić information content (AvgIpc) is 3.02. The number of nitrogens with one attached hydrogen (secondary N) is 1. The van der Waals surface area contributed by atoms with Crippen LogP contribution in [-0.2, 0) is 19.1 Å². The third kappa shape index (κ3) is 3.80. The van der Waals surface area contributed by atoms with Crippen molar-refractivity contribution in [2.24, 2.45) is 0 Å². The van der Waals surface area contributed by atoms with E-state index in [1.165, 1.54) is 6.92 Å². The summed E-state index contributed by atoms with van der Waals surface area (Å²) < 4.78 is 10.3. The summed E-state index contributed by atoms with van der Waals surface area (Å²) in [6, 6.07) is 8.61. The average molecular weight is 288 g/mol. The van der Waals surface area contributed by atoms with Crippen LogP contribution in [0.5, 0.6) is 0 Å². The molecule has 0 saturated carbocycles. The van der Waals surface area contributed by atoms with E-state index < -0.39 is 24.1 Å². The van der Waals surface area contributed by atoms with Gasteiger partial charge in [-0.05, 0) is 31.9 Å². The summed E-state index contributed by atoms with van der Waals surface area (Å²) in [5.41, 5.74) is 0.744. The molecular weight excluding hydrogens is 272 g/mol. The molecule has 0 aromatic heterocycles. The van der Waals surface area contributed by atoms with Crippen molar-refractivity contribution in [2.75, 3.05) is 11.9 Å². The van der Waals surface area contributed by atoms with Crippen molar-refractivity contribution in [3.8, 4) is 6.07 Å². The van der Waals surface area contributed by atoms with Crippen LogP contribution < -0.4 is 5.32 Å². The molecule has 110 valence electrons. The van der Waals surface area contributed by atoms with Crippen molar-refractivity contribution in [1.82, 2.24) is 0 Å². The van der Waals surface area contributed by atoms with Gasteiger partial charge in [-0.25, -0.2) is 4.79 Å². The predicted molar refractivity (Wildman–Crippen MR) is 74.3 cm³/mol. The largest absolute Gasteiger partial charge is 0.451 e. The highest BCUT2D eigenvalue weighted by molar-refractivity contribution is 5.96. The standard InChI is InChI=1S/C15H16N2O4/c1-10(21-15(19)13-7-4-8-20-13)14(18)17-12-6-3-2-5-11(12)9-16/h2-3,5-6,10,13H,4,7-8H2,1H3,(H,17,18)/t10-,13+/m1/s1. The first-order chi connectivity index (χ1) is 10.1. The molecule has 21 heavy (non-hydrogen) atoms. The van der Waals surface area contributed by atoms with E-state index in [-0.39, 0.29) is 0 Å². The number of ether oxygens (including phenoxy) is 2. The summed E-state index contributed by atoms with van der Waals surface area (Å²) in [7, 11) is 0. The van der Waals surface area contributed by atoms with Gasteiger partial charge in [0.15, 0.2) is 12.2 Å². The van der Waals surface area contributed by atoms with Gasteiger partial charge in [0.1, 0.15) is 6.07 Å². The van der Waals surface area contributed by atoms with Gasteiger partial charge in [-0.1, -0.05) is 12.1 Å². The van der Waals surface area contributed by atoms with Gasteiger partial charge in [0.25, 0.3) is 5.91 Å². The third-order valence-electron chi connectivity index (χ3n) is 3.16. The van der Waals surface area contributed by atoms with Gasteiger partial charge in [0, 0.05) is 6.61 Å². The number of carbonyl (C=O) groups is 2. The Morgan fingerprint density at radius 2 is 2.24 bits per heavy atom. The van der Waals surface area contributed by atoms with Crippen molar-refractivity contribution in [1.29, 1.82) is 5.26 Å². The zero-order valence-corrected chi connectivity index (χ0v) is 11.7. The molecule has 6 heteroatoms. The van der Waals surface area contributed by atoms with E-state index in [1.807, 2.05) is 6.07 Å². The van der Waals surface area contributed by atoms with Crippen LogP contribution in [0.15, 0.2) is 24.3 Å². The predicted octanol–water partition coefficient (Wildman–Crippen LogP) is 1.61. The van der Waals surface area contributed by atoms with E-state index in [2.05, 4.69) is 5.32 Å². The van der Waals surface area contributed by atoms with Gasteiger partial charge in [0.05, 0.1) is 11.3 Å². The van der Waals surface area contributed by atoms with Crippen molar-refractivity contribution in [3.05, 3.63) is 29.8 Å². The molecule has 2 rings (SSSR count). The lowest BCUT2D eigenvalue weighted by Crippen LogP contribution is -2.34. The normalized spacial score (nSPS) is 18.6. The van der Waals surface area contributed by atoms with E-state index in [1.54, 1.807) is 24.3 Å². The third-order valence-corrected chi connectivity index (χ3v) is 3.16. The van der Waals surface area contributed by atoms with Crippen LogP contribution in [0.2, 0.25) is 0 Å². The van der Waals surface area contributed by atoms with Crippen LogP contribution in [0.3, 0.4) is 0 Å². The smallest absolute Gasteiger partial charge is 0.336 e. The number of hydrogen-bond donors (Lipinski definition) is 1. The van der Waals surface area contributed by atoms with Crippen LogP contribution in [0.25, 0.3) is 0 Å². The molecule has 1 fully saturated rings. The van der Waals surface area contributed by atoms with Crippen LogP contribution in [-0.4, -0.2) is 30.7 Å². The number of nitrogens with zero attached hydrogens (tertiary/aromatic N) is 1. The number of esters is 1. The molecule has 0 bridgehead atoms. The Kier molecular flexibility index (Phi) is 4.90. The molecule has 1 aliphatic heterocycles. The zero-order valence-electron chi connectivity index (χ0n) is 11.7. The Bertz CT molecular complexity index is 573. The lowest BCUT2D eigenvalue weighted by molar-refractivity contribution is -0.162. The highest BCUT2D eigenvalue weighted by Gasteiger charge is 2.28. The first-order valence-electron chi connectivity index (χ1n) is 6.74. The molecular formula is C15H16N2O4. The van der Waals surface area contributed by atoms with Crippen molar-refractivity contribution in [3.63, 3.8) is 0 Å². The van der Waals surface area contributed by atoms with E-state index in [0.29, 0.717) is 24.3 Å². The summed E-state index contributed by atoms with van der Waals surface area (Å²) in [4.78, 5) is 23.7. The Labute approximate surface area is 122 Å². The maximum atomic E-state index is 12.0. The minimum Gasteiger partial charge on any atom is -0.451 e. The number of rotatable bonds is 4. The van der Waals surface area contributed by atoms with Gasteiger partial charge < -0.3 is 14.8 Å². The highest BCUT2D eigenvalue weighted by atomic mass is 16.6. The molecule has 1 amide bonds. The van der Waals surface area contributed by atoms with E-state index >= 15 is 0 Å². The second-order valence-electron chi connectivity index (χ2n) is 4.73. The lowest BCUT2D eigenvalue weighted by Gasteiger charge is -2.16. The number of para-hydroxylation sites is 1. The van der Waals surface area contributed by atoms with Crippen LogP contribution in [0.1, 0.15) is 25.3 Å². The fourth-order valence-corrected chi connectivity index (χ4v) is 1.99. The van der Waals surface area contributed by atoms with Crippen LogP contribution in [0.4, 0.5) is 5.69 Å². The topological polar surface area (TPSA) is 88.4 Å². The number of nitriles is 1. The van der Waals surface area contributed by atoms with E-state index in [0.717, 1.165) is 6.42 Å². The molecule has 1 aromatic carbocycles. The SMILES string of the molecule is C[C@@H](OC(=O)[C@@H]1CCCO1)C(=O)Nc1ccccc1C#N. The van der Waals surface area contributed by atoms with Gasteiger partial charge >= 0.3 is 5.97 Å². The van der Waals surface area contributed by atoms with Crippen molar-refractivity contribution >= 4 is 17.6 Å². The maximum Gasteiger partial charge on any atom is 0.336 e. The first-order valence-corrected chi connectivity index (χ1v) is 6.74. The van der Waals surface area contributed by atoms with E-state index in [9.17, 15) is 9.59 Å². The second-order valence-corrected chi connectivity index (χ2v) is 4.73. The van der Waals surface area contributed by atoms with Crippen molar-refractivity contribution < 1.29 is 19.1 Å². The molecule has 0 aliphatic carbocycles. The van der Waals surface area contributed by atoms with Crippen molar-refractivity contribution in [2.45, 2.75) is 32.0 Å². The summed E-state index contributed by atoms with van der Waals surface area (Å²) in [6.07, 6.45) is -0.0968. The molecule has 1 N–H and O–H groups in total. The summed E-state index contributed by atoms with van der Waals surface area (Å²) in [6.45, 7) is 2.02. The Morgan fingerprint density at radius 1 is 1.48 bits per heavy atom. The number of hydrogen-bond acceptors (Lipinski definition) is 5. The van der Waals surface area contributed by atoms with Crippen LogP contribution >= 0.6 is 0 Å².